The maximum atomic E-state index is 11.9. The van der Waals surface area contributed by atoms with Crippen LogP contribution < -0.4 is 14.2 Å². The lowest BCUT2D eigenvalue weighted by Crippen LogP contribution is -2.16. The van der Waals surface area contributed by atoms with Gasteiger partial charge in [0.05, 0.1) is 7.11 Å². The molecule has 0 atom stereocenters. The van der Waals surface area contributed by atoms with Gasteiger partial charge in [0.15, 0.2) is 11.5 Å². The van der Waals surface area contributed by atoms with Crippen molar-refractivity contribution in [3.8, 4) is 17.2 Å². The standard InChI is InChI=1S/C20H20O5/c1-14-5-3-4-6-16(14)13-25-19(21)8-7-15-11-17(22-2)20-18(12-15)23-9-10-24-20/h3-8,11-12H,9-10,13H2,1-2H3/b8-7+. The summed E-state index contributed by atoms with van der Waals surface area (Å²) in [5, 5.41) is 0. The van der Waals surface area contributed by atoms with Crippen LogP contribution in [0, 0.1) is 6.92 Å². The summed E-state index contributed by atoms with van der Waals surface area (Å²) in [6, 6.07) is 11.4. The predicted molar refractivity (Wildman–Crippen MR) is 94.0 cm³/mol. The third-order valence-electron chi connectivity index (χ3n) is 3.89. The summed E-state index contributed by atoms with van der Waals surface area (Å²) < 4.78 is 21.7. The van der Waals surface area contributed by atoms with E-state index in [1.165, 1.54) is 6.08 Å². The first-order valence-electron chi connectivity index (χ1n) is 8.04. The molecule has 1 aliphatic heterocycles. The smallest absolute Gasteiger partial charge is 0.331 e. The number of fused-ring (bicyclic) bond motifs is 1. The summed E-state index contributed by atoms with van der Waals surface area (Å²) in [6.07, 6.45) is 3.06. The van der Waals surface area contributed by atoms with Crippen LogP contribution in [0.3, 0.4) is 0 Å². The number of carbonyl (C=O) groups excluding carboxylic acids is 1. The summed E-state index contributed by atoms with van der Waals surface area (Å²) >= 11 is 0. The van der Waals surface area contributed by atoms with Crippen molar-refractivity contribution in [2.24, 2.45) is 0 Å². The van der Waals surface area contributed by atoms with Crippen LogP contribution in [0.15, 0.2) is 42.5 Å². The highest BCUT2D eigenvalue weighted by atomic mass is 16.6. The Labute approximate surface area is 146 Å². The van der Waals surface area contributed by atoms with Crippen molar-refractivity contribution < 1.29 is 23.7 Å². The number of carbonyl (C=O) groups is 1. The topological polar surface area (TPSA) is 54.0 Å². The van der Waals surface area contributed by atoms with Crippen molar-refractivity contribution in [2.75, 3.05) is 20.3 Å². The lowest BCUT2D eigenvalue weighted by molar-refractivity contribution is -0.138. The van der Waals surface area contributed by atoms with Crippen LogP contribution in [-0.4, -0.2) is 26.3 Å². The molecule has 0 saturated heterocycles. The fraction of sp³-hybridized carbons (Fsp3) is 0.250. The molecule has 0 bridgehead atoms. The van der Waals surface area contributed by atoms with Crippen LogP contribution >= 0.6 is 0 Å². The number of aryl methyl sites for hydroxylation is 1. The Morgan fingerprint density at radius 2 is 2.00 bits per heavy atom. The Balaban J connectivity index is 1.67. The average Bonchev–Trinajstić information content (AvgIpc) is 2.65. The van der Waals surface area contributed by atoms with E-state index < -0.39 is 5.97 Å². The van der Waals surface area contributed by atoms with Gasteiger partial charge in [-0.2, -0.15) is 0 Å². The summed E-state index contributed by atoms with van der Waals surface area (Å²) in [7, 11) is 1.57. The maximum Gasteiger partial charge on any atom is 0.331 e. The number of hydrogen-bond donors (Lipinski definition) is 0. The molecule has 0 spiro atoms. The molecule has 130 valence electrons. The van der Waals surface area contributed by atoms with Gasteiger partial charge < -0.3 is 18.9 Å². The Bertz CT molecular complexity index is 777. The zero-order valence-electron chi connectivity index (χ0n) is 14.3. The summed E-state index contributed by atoms with van der Waals surface area (Å²) in [5.41, 5.74) is 2.86. The molecule has 0 aromatic heterocycles. The largest absolute Gasteiger partial charge is 0.493 e. The number of hydrogen-bond acceptors (Lipinski definition) is 5. The Kier molecular flexibility index (Phi) is 5.23. The Morgan fingerprint density at radius 1 is 1.20 bits per heavy atom. The molecule has 1 heterocycles. The molecular weight excluding hydrogens is 320 g/mol. The van der Waals surface area contributed by atoms with Gasteiger partial charge in [-0.25, -0.2) is 4.79 Å². The van der Waals surface area contributed by atoms with E-state index in [1.54, 1.807) is 19.3 Å². The number of esters is 1. The van der Waals surface area contributed by atoms with Crippen LogP contribution in [-0.2, 0) is 16.1 Å². The van der Waals surface area contributed by atoms with E-state index in [0.29, 0.717) is 30.5 Å². The highest BCUT2D eigenvalue weighted by Gasteiger charge is 2.17. The normalized spacial score (nSPS) is 12.9. The van der Waals surface area contributed by atoms with Gasteiger partial charge in [0.2, 0.25) is 5.75 Å². The van der Waals surface area contributed by atoms with Crippen molar-refractivity contribution in [1.82, 2.24) is 0 Å². The van der Waals surface area contributed by atoms with E-state index in [9.17, 15) is 4.79 Å². The van der Waals surface area contributed by atoms with Crippen LogP contribution in [0.25, 0.3) is 6.08 Å². The average molecular weight is 340 g/mol. The van der Waals surface area contributed by atoms with Crippen LogP contribution in [0.1, 0.15) is 16.7 Å². The number of ether oxygens (including phenoxy) is 4. The SMILES string of the molecule is COc1cc(/C=C/C(=O)OCc2ccccc2C)cc2c1OCCO2. The predicted octanol–water partition coefficient (Wildman–Crippen LogP) is 3.53. The van der Waals surface area contributed by atoms with Crippen molar-refractivity contribution in [1.29, 1.82) is 0 Å². The first kappa shape index (κ1) is 16.9. The van der Waals surface area contributed by atoms with Gasteiger partial charge in [-0.05, 0) is 41.8 Å². The van der Waals surface area contributed by atoms with Gasteiger partial charge in [-0.3, -0.25) is 0 Å². The number of rotatable bonds is 5. The molecule has 5 nitrogen and oxygen atoms in total. The summed E-state index contributed by atoms with van der Waals surface area (Å²) in [5.74, 6) is 1.37. The van der Waals surface area contributed by atoms with Crippen molar-refractivity contribution in [3.05, 3.63) is 59.2 Å². The Hall–Kier alpha value is -2.95. The molecular formula is C20H20O5. The van der Waals surface area contributed by atoms with Gasteiger partial charge in [0.1, 0.15) is 19.8 Å². The lowest BCUT2D eigenvalue weighted by Gasteiger charge is -2.20. The first-order chi connectivity index (χ1) is 12.2. The first-order valence-corrected chi connectivity index (χ1v) is 8.04. The molecule has 0 radical (unpaired) electrons. The zero-order valence-corrected chi connectivity index (χ0v) is 14.3. The Morgan fingerprint density at radius 3 is 2.80 bits per heavy atom. The molecule has 2 aromatic carbocycles. The van der Waals surface area contributed by atoms with Gasteiger partial charge >= 0.3 is 5.97 Å². The van der Waals surface area contributed by atoms with Crippen LogP contribution in [0.2, 0.25) is 0 Å². The second kappa shape index (κ2) is 7.75. The van der Waals surface area contributed by atoms with Gasteiger partial charge in [0, 0.05) is 6.08 Å². The molecule has 0 aliphatic carbocycles. The van der Waals surface area contributed by atoms with E-state index in [4.69, 9.17) is 18.9 Å². The quantitative estimate of drug-likeness (QED) is 0.616. The molecule has 0 N–H and O–H groups in total. The van der Waals surface area contributed by atoms with E-state index in [2.05, 4.69) is 0 Å². The fourth-order valence-electron chi connectivity index (χ4n) is 2.52. The second-order valence-electron chi connectivity index (χ2n) is 5.61. The van der Waals surface area contributed by atoms with Crippen LogP contribution in [0.4, 0.5) is 0 Å². The zero-order chi connectivity index (χ0) is 17.6. The third kappa shape index (κ3) is 4.12. The van der Waals surface area contributed by atoms with Gasteiger partial charge in [0.25, 0.3) is 0 Å². The van der Waals surface area contributed by atoms with Crippen LogP contribution in [0.5, 0.6) is 17.2 Å². The van der Waals surface area contributed by atoms with E-state index in [0.717, 1.165) is 16.7 Å². The minimum atomic E-state index is -0.405. The molecule has 0 saturated carbocycles. The second-order valence-corrected chi connectivity index (χ2v) is 5.61. The molecule has 3 rings (SSSR count). The summed E-state index contributed by atoms with van der Waals surface area (Å²) in [6.45, 7) is 3.21. The number of methoxy groups -OCH3 is 1. The van der Waals surface area contributed by atoms with E-state index in [-0.39, 0.29) is 6.61 Å². The molecule has 0 fully saturated rings. The van der Waals surface area contributed by atoms with E-state index in [1.807, 2.05) is 37.3 Å². The van der Waals surface area contributed by atoms with Gasteiger partial charge in [-0.1, -0.05) is 24.3 Å². The minimum Gasteiger partial charge on any atom is -0.493 e. The molecule has 25 heavy (non-hydrogen) atoms. The van der Waals surface area contributed by atoms with E-state index >= 15 is 0 Å². The molecule has 0 unspecified atom stereocenters. The molecule has 0 amide bonds. The van der Waals surface area contributed by atoms with Crippen molar-refractivity contribution >= 4 is 12.0 Å². The maximum absolute atomic E-state index is 11.9. The van der Waals surface area contributed by atoms with Gasteiger partial charge in [-0.15, -0.1) is 0 Å². The minimum absolute atomic E-state index is 0.250. The highest BCUT2D eigenvalue weighted by Crippen LogP contribution is 2.40. The number of benzene rings is 2. The molecule has 1 aliphatic rings. The highest BCUT2D eigenvalue weighted by molar-refractivity contribution is 5.87. The molecule has 5 heteroatoms. The molecule has 2 aromatic rings. The monoisotopic (exact) mass is 340 g/mol. The van der Waals surface area contributed by atoms with Crippen molar-refractivity contribution in [2.45, 2.75) is 13.5 Å². The lowest BCUT2D eigenvalue weighted by atomic mass is 10.1. The third-order valence-corrected chi connectivity index (χ3v) is 3.89. The summed E-state index contributed by atoms with van der Waals surface area (Å²) in [4.78, 5) is 11.9. The van der Waals surface area contributed by atoms with Crippen molar-refractivity contribution in [3.63, 3.8) is 0 Å². The fourth-order valence-corrected chi connectivity index (χ4v) is 2.52.